The number of hydrogen-bond donors (Lipinski definition) is 1. The minimum atomic E-state index is -0.251. The molecule has 74 valence electrons. The van der Waals surface area contributed by atoms with Crippen LogP contribution in [0.5, 0.6) is 0 Å². The van der Waals surface area contributed by atoms with Gasteiger partial charge in [0.25, 0.3) is 0 Å². The first kappa shape index (κ1) is 11.9. The molecule has 0 aromatic rings. The van der Waals surface area contributed by atoms with Crippen LogP contribution in [-0.4, -0.2) is 23.9 Å². The Morgan fingerprint density at radius 2 is 1.75 bits per heavy atom. The highest BCUT2D eigenvalue weighted by Crippen LogP contribution is 2.05. The molecular formula is C10H22O2. The van der Waals surface area contributed by atoms with Crippen molar-refractivity contribution in [2.24, 2.45) is 5.92 Å². The molecule has 0 aromatic carbocycles. The minimum Gasteiger partial charge on any atom is -0.393 e. The summed E-state index contributed by atoms with van der Waals surface area (Å²) in [5, 5.41) is 9.05. The standard InChI is InChI=1S/C10H22O2/c1-8(2)5-6-12-10(4)7-9(3)11/h8-11H,5-7H2,1-4H3. The van der Waals surface area contributed by atoms with Crippen molar-refractivity contribution in [3.8, 4) is 0 Å². The van der Waals surface area contributed by atoms with Gasteiger partial charge in [-0.25, -0.2) is 0 Å². The average Bonchev–Trinajstić information content (AvgIpc) is 1.84. The molecule has 2 unspecified atom stereocenters. The van der Waals surface area contributed by atoms with E-state index in [0.717, 1.165) is 19.4 Å². The third-order valence-corrected chi connectivity index (χ3v) is 1.77. The maximum atomic E-state index is 9.05. The average molecular weight is 174 g/mol. The number of ether oxygens (including phenoxy) is 1. The van der Waals surface area contributed by atoms with Gasteiger partial charge in [0, 0.05) is 6.61 Å². The van der Waals surface area contributed by atoms with E-state index < -0.39 is 0 Å². The van der Waals surface area contributed by atoms with Crippen LogP contribution in [0.15, 0.2) is 0 Å². The quantitative estimate of drug-likeness (QED) is 0.669. The van der Waals surface area contributed by atoms with E-state index >= 15 is 0 Å². The van der Waals surface area contributed by atoms with Gasteiger partial charge in [0.05, 0.1) is 12.2 Å². The van der Waals surface area contributed by atoms with Gasteiger partial charge in [-0.1, -0.05) is 13.8 Å². The number of aliphatic hydroxyl groups is 1. The molecule has 1 N–H and O–H groups in total. The van der Waals surface area contributed by atoms with Gasteiger partial charge in [-0.2, -0.15) is 0 Å². The predicted octanol–water partition coefficient (Wildman–Crippen LogP) is 2.21. The summed E-state index contributed by atoms with van der Waals surface area (Å²) in [5.74, 6) is 0.698. The second kappa shape index (κ2) is 6.44. The molecule has 2 nitrogen and oxygen atoms in total. The maximum Gasteiger partial charge on any atom is 0.0571 e. The molecule has 0 saturated heterocycles. The Balaban J connectivity index is 3.25. The van der Waals surface area contributed by atoms with Crippen molar-refractivity contribution in [1.29, 1.82) is 0 Å². The van der Waals surface area contributed by atoms with Crippen molar-refractivity contribution in [2.75, 3.05) is 6.61 Å². The van der Waals surface area contributed by atoms with Gasteiger partial charge in [0.1, 0.15) is 0 Å². The van der Waals surface area contributed by atoms with Crippen LogP contribution in [0.25, 0.3) is 0 Å². The lowest BCUT2D eigenvalue weighted by Crippen LogP contribution is -2.16. The van der Waals surface area contributed by atoms with E-state index in [0.29, 0.717) is 5.92 Å². The van der Waals surface area contributed by atoms with Crippen LogP contribution in [0, 0.1) is 5.92 Å². The molecule has 0 heterocycles. The predicted molar refractivity (Wildman–Crippen MR) is 51.2 cm³/mol. The highest BCUT2D eigenvalue weighted by molar-refractivity contribution is 4.55. The molecular weight excluding hydrogens is 152 g/mol. The van der Waals surface area contributed by atoms with E-state index in [-0.39, 0.29) is 12.2 Å². The van der Waals surface area contributed by atoms with E-state index in [1.807, 2.05) is 6.92 Å². The third-order valence-electron chi connectivity index (χ3n) is 1.77. The smallest absolute Gasteiger partial charge is 0.0571 e. The summed E-state index contributed by atoms with van der Waals surface area (Å²) < 4.78 is 5.50. The number of hydrogen-bond acceptors (Lipinski definition) is 2. The van der Waals surface area contributed by atoms with Crippen molar-refractivity contribution < 1.29 is 9.84 Å². The number of rotatable bonds is 6. The molecule has 12 heavy (non-hydrogen) atoms. The summed E-state index contributed by atoms with van der Waals surface area (Å²) in [5.41, 5.74) is 0. The molecule has 0 fully saturated rings. The Bertz CT molecular complexity index is 100. The second-order valence-corrected chi connectivity index (χ2v) is 3.95. The molecule has 0 aliphatic heterocycles. The van der Waals surface area contributed by atoms with Gasteiger partial charge in [-0.15, -0.1) is 0 Å². The molecule has 2 heteroatoms. The van der Waals surface area contributed by atoms with E-state index in [1.165, 1.54) is 0 Å². The van der Waals surface area contributed by atoms with Crippen molar-refractivity contribution in [1.82, 2.24) is 0 Å². The first-order valence-electron chi connectivity index (χ1n) is 4.82. The maximum absolute atomic E-state index is 9.05. The van der Waals surface area contributed by atoms with Crippen LogP contribution in [0.3, 0.4) is 0 Å². The summed E-state index contributed by atoms with van der Waals surface area (Å²) in [6, 6.07) is 0. The summed E-state index contributed by atoms with van der Waals surface area (Å²) in [6.07, 6.45) is 1.77. The monoisotopic (exact) mass is 174 g/mol. The van der Waals surface area contributed by atoms with Gasteiger partial charge in [-0.05, 0) is 32.6 Å². The zero-order valence-electron chi connectivity index (χ0n) is 8.71. The van der Waals surface area contributed by atoms with E-state index in [4.69, 9.17) is 9.84 Å². The Kier molecular flexibility index (Phi) is 6.39. The molecule has 0 rings (SSSR count). The largest absolute Gasteiger partial charge is 0.393 e. The minimum absolute atomic E-state index is 0.184. The Morgan fingerprint density at radius 3 is 2.17 bits per heavy atom. The number of aliphatic hydroxyl groups excluding tert-OH is 1. The van der Waals surface area contributed by atoms with Gasteiger partial charge < -0.3 is 9.84 Å². The van der Waals surface area contributed by atoms with Crippen molar-refractivity contribution >= 4 is 0 Å². The SMILES string of the molecule is CC(C)CCOC(C)CC(C)O. The van der Waals surface area contributed by atoms with E-state index in [1.54, 1.807) is 6.92 Å². The topological polar surface area (TPSA) is 29.5 Å². The highest BCUT2D eigenvalue weighted by Gasteiger charge is 2.05. The van der Waals surface area contributed by atoms with Crippen molar-refractivity contribution in [3.05, 3.63) is 0 Å². The van der Waals surface area contributed by atoms with Crippen LogP contribution >= 0.6 is 0 Å². The zero-order valence-corrected chi connectivity index (χ0v) is 8.71. The summed E-state index contributed by atoms with van der Waals surface area (Å²) >= 11 is 0. The fourth-order valence-corrected chi connectivity index (χ4v) is 1.05. The molecule has 0 radical (unpaired) electrons. The molecule has 0 aliphatic rings. The summed E-state index contributed by atoms with van der Waals surface area (Å²) in [7, 11) is 0. The third kappa shape index (κ3) is 8.02. The normalized spacial score (nSPS) is 16.5. The first-order valence-corrected chi connectivity index (χ1v) is 4.82. The lowest BCUT2D eigenvalue weighted by molar-refractivity contribution is 0.0245. The molecule has 0 aromatic heterocycles. The zero-order chi connectivity index (χ0) is 9.56. The molecule has 0 spiro atoms. The summed E-state index contributed by atoms with van der Waals surface area (Å²) in [6.45, 7) is 8.98. The molecule has 0 aliphatic carbocycles. The van der Waals surface area contributed by atoms with Crippen molar-refractivity contribution in [3.63, 3.8) is 0 Å². The second-order valence-electron chi connectivity index (χ2n) is 3.95. The van der Waals surface area contributed by atoms with Crippen molar-refractivity contribution in [2.45, 2.75) is 52.7 Å². The fraction of sp³-hybridized carbons (Fsp3) is 1.00. The first-order chi connectivity index (χ1) is 5.52. The van der Waals surface area contributed by atoms with Crippen LogP contribution in [-0.2, 0) is 4.74 Å². The van der Waals surface area contributed by atoms with E-state index in [9.17, 15) is 0 Å². The Morgan fingerprint density at radius 1 is 1.17 bits per heavy atom. The Labute approximate surface area is 75.9 Å². The fourth-order valence-electron chi connectivity index (χ4n) is 1.05. The van der Waals surface area contributed by atoms with Crippen LogP contribution in [0.1, 0.15) is 40.5 Å². The lowest BCUT2D eigenvalue weighted by atomic mass is 10.1. The van der Waals surface area contributed by atoms with Crippen LogP contribution in [0.4, 0.5) is 0 Å². The van der Waals surface area contributed by atoms with Gasteiger partial charge in [-0.3, -0.25) is 0 Å². The van der Waals surface area contributed by atoms with Crippen LogP contribution in [0.2, 0.25) is 0 Å². The van der Waals surface area contributed by atoms with Crippen LogP contribution < -0.4 is 0 Å². The highest BCUT2D eigenvalue weighted by atomic mass is 16.5. The molecule has 0 bridgehead atoms. The lowest BCUT2D eigenvalue weighted by Gasteiger charge is -2.15. The van der Waals surface area contributed by atoms with E-state index in [2.05, 4.69) is 13.8 Å². The Hall–Kier alpha value is -0.0800. The molecule has 2 atom stereocenters. The molecule has 0 saturated carbocycles. The van der Waals surface area contributed by atoms with Gasteiger partial charge in [0.15, 0.2) is 0 Å². The van der Waals surface area contributed by atoms with Gasteiger partial charge in [0.2, 0.25) is 0 Å². The summed E-state index contributed by atoms with van der Waals surface area (Å²) in [4.78, 5) is 0. The molecule has 0 amide bonds. The van der Waals surface area contributed by atoms with Gasteiger partial charge >= 0.3 is 0 Å².